The molecule has 0 spiro atoms. The third-order valence-electron chi connectivity index (χ3n) is 1.81. The molecule has 0 aliphatic heterocycles. The van der Waals surface area contributed by atoms with E-state index in [2.05, 4.69) is 4.74 Å². The van der Waals surface area contributed by atoms with Crippen molar-refractivity contribution in [2.75, 3.05) is 7.11 Å². The Labute approximate surface area is 82.5 Å². The first kappa shape index (κ1) is 10.1. The van der Waals surface area contributed by atoms with Crippen LogP contribution >= 0.6 is 11.6 Å². The van der Waals surface area contributed by atoms with Crippen LogP contribution in [-0.2, 0) is 16.0 Å². The molecule has 0 N–H and O–H groups in total. The van der Waals surface area contributed by atoms with E-state index in [1.807, 2.05) is 19.1 Å². The van der Waals surface area contributed by atoms with Gasteiger partial charge in [-0.1, -0.05) is 23.7 Å². The van der Waals surface area contributed by atoms with E-state index < -0.39 is 0 Å². The van der Waals surface area contributed by atoms with Gasteiger partial charge in [0.25, 0.3) is 0 Å². The summed E-state index contributed by atoms with van der Waals surface area (Å²) < 4.78 is 4.54. The Hall–Kier alpha value is -1.02. The molecule has 0 saturated heterocycles. The van der Waals surface area contributed by atoms with Gasteiger partial charge in [0.05, 0.1) is 13.5 Å². The topological polar surface area (TPSA) is 26.3 Å². The predicted molar refractivity (Wildman–Crippen MR) is 51.9 cm³/mol. The molecule has 0 bridgehead atoms. The van der Waals surface area contributed by atoms with Gasteiger partial charge in [0, 0.05) is 5.02 Å². The lowest BCUT2D eigenvalue weighted by Crippen LogP contribution is -2.04. The molecule has 0 aliphatic rings. The van der Waals surface area contributed by atoms with Gasteiger partial charge in [0.2, 0.25) is 0 Å². The highest BCUT2D eigenvalue weighted by molar-refractivity contribution is 6.31. The Morgan fingerprint density at radius 3 is 2.77 bits per heavy atom. The van der Waals surface area contributed by atoms with Crippen LogP contribution in [0, 0.1) is 6.92 Å². The first-order chi connectivity index (χ1) is 6.13. The molecule has 0 aliphatic carbocycles. The summed E-state index contributed by atoms with van der Waals surface area (Å²) in [6.07, 6.45) is 0.274. The number of benzene rings is 1. The second-order valence-electron chi connectivity index (χ2n) is 2.84. The average Bonchev–Trinajstić information content (AvgIpc) is 2.11. The number of carbonyl (C=O) groups is 1. The Kier molecular flexibility index (Phi) is 3.32. The van der Waals surface area contributed by atoms with Gasteiger partial charge in [0.15, 0.2) is 0 Å². The average molecular weight is 199 g/mol. The zero-order valence-corrected chi connectivity index (χ0v) is 8.39. The minimum atomic E-state index is -0.250. The molecule has 70 valence electrons. The number of halogens is 1. The minimum Gasteiger partial charge on any atom is -0.469 e. The molecular weight excluding hydrogens is 188 g/mol. The standard InChI is InChI=1S/C10H11ClO2/c1-7-3-4-8(5-9(7)11)6-10(12)13-2/h3-5H,6H2,1-2H3. The molecule has 1 rings (SSSR count). The lowest BCUT2D eigenvalue weighted by Gasteiger charge is -2.02. The molecule has 0 aromatic heterocycles. The summed E-state index contributed by atoms with van der Waals surface area (Å²) in [5.41, 5.74) is 1.89. The molecule has 0 unspecified atom stereocenters. The fraction of sp³-hybridized carbons (Fsp3) is 0.300. The quantitative estimate of drug-likeness (QED) is 0.682. The van der Waals surface area contributed by atoms with E-state index in [9.17, 15) is 4.79 Å². The monoisotopic (exact) mass is 198 g/mol. The number of hydrogen-bond donors (Lipinski definition) is 0. The van der Waals surface area contributed by atoms with E-state index in [1.54, 1.807) is 6.07 Å². The smallest absolute Gasteiger partial charge is 0.309 e. The molecule has 0 radical (unpaired) electrons. The number of carbonyl (C=O) groups excluding carboxylic acids is 1. The summed E-state index contributed by atoms with van der Waals surface area (Å²) in [5, 5.41) is 0.682. The van der Waals surface area contributed by atoms with Crippen LogP contribution in [0.2, 0.25) is 5.02 Å². The van der Waals surface area contributed by atoms with E-state index in [0.717, 1.165) is 11.1 Å². The molecule has 1 aromatic carbocycles. The van der Waals surface area contributed by atoms with E-state index in [-0.39, 0.29) is 12.4 Å². The van der Waals surface area contributed by atoms with Gasteiger partial charge in [-0.25, -0.2) is 0 Å². The van der Waals surface area contributed by atoms with Crippen molar-refractivity contribution in [3.05, 3.63) is 34.3 Å². The zero-order chi connectivity index (χ0) is 9.84. The normalized spacial score (nSPS) is 9.77. The number of rotatable bonds is 2. The lowest BCUT2D eigenvalue weighted by molar-refractivity contribution is -0.139. The molecule has 13 heavy (non-hydrogen) atoms. The van der Waals surface area contributed by atoms with Crippen LogP contribution in [0.5, 0.6) is 0 Å². The summed E-state index contributed by atoms with van der Waals surface area (Å²) in [6, 6.07) is 5.55. The molecule has 3 heteroatoms. The molecule has 2 nitrogen and oxygen atoms in total. The van der Waals surface area contributed by atoms with Crippen molar-refractivity contribution < 1.29 is 9.53 Å². The SMILES string of the molecule is COC(=O)Cc1ccc(C)c(Cl)c1. The maximum absolute atomic E-state index is 10.9. The van der Waals surface area contributed by atoms with Crippen molar-refractivity contribution in [3.8, 4) is 0 Å². The summed E-state index contributed by atoms with van der Waals surface area (Å²) in [7, 11) is 1.37. The van der Waals surface area contributed by atoms with E-state index in [4.69, 9.17) is 11.6 Å². The maximum atomic E-state index is 10.9. The van der Waals surface area contributed by atoms with Crippen LogP contribution in [0.15, 0.2) is 18.2 Å². The van der Waals surface area contributed by atoms with Crippen molar-refractivity contribution in [2.24, 2.45) is 0 Å². The van der Waals surface area contributed by atoms with Crippen molar-refractivity contribution in [1.29, 1.82) is 0 Å². The molecule has 0 fully saturated rings. The highest BCUT2D eigenvalue weighted by Crippen LogP contribution is 2.16. The van der Waals surface area contributed by atoms with Crippen LogP contribution in [0.25, 0.3) is 0 Å². The number of ether oxygens (including phenoxy) is 1. The number of methoxy groups -OCH3 is 1. The van der Waals surface area contributed by atoms with Gasteiger partial charge >= 0.3 is 5.97 Å². The van der Waals surface area contributed by atoms with E-state index in [1.165, 1.54) is 7.11 Å². The largest absolute Gasteiger partial charge is 0.469 e. The molecule has 0 saturated carbocycles. The number of aryl methyl sites for hydroxylation is 1. The zero-order valence-electron chi connectivity index (χ0n) is 7.63. The summed E-state index contributed by atoms with van der Waals surface area (Å²) in [4.78, 5) is 10.9. The molecule has 0 atom stereocenters. The Balaban J connectivity index is 2.79. The first-order valence-corrected chi connectivity index (χ1v) is 4.33. The van der Waals surface area contributed by atoms with Crippen molar-refractivity contribution >= 4 is 17.6 Å². The van der Waals surface area contributed by atoms with Crippen molar-refractivity contribution in [2.45, 2.75) is 13.3 Å². The first-order valence-electron chi connectivity index (χ1n) is 3.95. The van der Waals surface area contributed by atoms with Gasteiger partial charge in [-0.05, 0) is 24.1 Å². The molecule has 0 heterocycles. The number of hydrogen-bond acceptors (Lipinski definition) is 2. The molecular formula is C10H11ClO2. The fourth-order valence-corrected chi connectivity index (χ4v) is 1.19. The summed E-state index contributed by atoms with van der Waals surface area (Å²) in [6.45, 7) is 1.92. The second-order valence-corrected chi connectivity index (χ2v) is 3.24. The third-order valence-corrected chi connectivity index (χ3v) is 2.22. The maximum Gasteiger partial charge on any atom is 0.309 e. The van der Waals surface area contributed by atoms with Gasteiger partial charge in [-0.3, -0.25) is 4.79 Å². The van der Waals surface area contributed by atoms with Crippen LogP contribution in [0.4, 0.5) is 0 Å². The Morgan fingerprint density at radius 2 is 2.23 bits per heavy atom. The minimum absolute atomic E-state index is 0.250. The van der Waals surface area contributed by atoms with E-state index >= 15 is 0 Å². The van der Waals surface area contributed by atoms with Crippen LogP contribution in [0.1, 0.15) is 11.1 Å². The second kappa shape index (κ2) is 4.28. The number of esters is 1. The van der Waals surface area contributed by atoms with Crippen molar-refractivity contribution in [1.82, 2.24) is 0 Å². The van der Waals surface area contributed by atoms with Gasteiger partial charge in [0.1, 0.15) is 0 Å². The lowest BCUT2D eigenvalue weighted by atomic mass is 10.1. The Bertz CT molecular complexity index is 321. The summed E-state index contributed by atoms with van der Waals surface area (Å²) >= 11 is 5.89. The van der Waals surface area contributed by atoms with Crippen LogP contribution < -0.4 is 0 Å². The van der Waals surface area contributed by atoms with Gasteiger partial charge < -0.3 is 4.74 Å². The highest BCUT2D eigenvalue weighted by atomic mass is 35.5. The van der Waals surface area contributed by atoms with Crippen molar-refractivity contribution in [3.63, 3.8) is 0 Å². The van der Waals surface area contributed by atoms with E-state index in [0.29, 0.717) is 5.02 Å². The fourth-order valence-electron chi connectivity index (χ4n) is 0.985. The summed E-state index contributed by atoms with van der Waals surface area (Å²) in [5.74, 6) is -0.250. The molecule has 0 amide bonds. The Morgan fingerprint density at radius 1 is 1.54 bits per heavy atom. The predicted octanol–water partition coefficient (Wildman–Crippen LogP) is 2.36. The van der Waals surface area contributed by atoms with Gasteiger partial charge in [-0.15, -0.1) is 0 Å². The molecule has 1 aromatic rings. The van der Waals surface area contributed by atoms with Gasteiger partial charge in [-0.2, -0.15) is 0 Å². The third kappa shape index (κ3) is 2.74. The van der Waals surface area contributed by atoms with Crippen LogP contribution in [-0.4, -0.2) is 13.1 Å². The highest BCUT2D eigenvalue weighted by Gasteiger charge is 2.03. The van der Waals surface area contributed by atoms with Crippen LogP contribution in [0.3, 0.4) is 0 Å².